The number of nitrogens with zero attached hydrogens (tertiary/aromatic N) is 1. The average molecular weight is 339 g/mol. The van der Waals surface area contributed by atoms with Crippen LogP contribution in [0.1, 0.15) is 16.7 Å². The van der Waals surface area contributed by atoms with Gasteiger partial charge >= 0.3 is 0 Å². The highest BCUT2D eigenvalue weighted by Crippen LogP contribution is 2.26. The zero-order chi connectivity index (χ0) is 16.6. The molecule has 0 saturated heterocycles. The van der Waals surface area contributed by atoms with Crippen molar-refractivity contribution >= 4 is 11.6 Å². The molecule has 1 heterocycles. The molecule has 24 heavy (non-hydrogen) atoms. The summed E-state index contributed by atoms with van der Waals surface area (Å²) >= 11 is 6.33. The van der Waals surface area contributed by atoms with E-state index in [9.17, 15) is 0 Å². The Labute approximate surface area is 147 Å². The molecule has 122 valence electrons. The molecule has 0 aliphatic rings. The van der Waals surface area contributed by atoms with E-state index in [0.717, 1.165) is 29.8 Å². The second-order valence-electron chi connectivity index (χ2n) is 5.50. The maximum Gasteiger partial charge on any atom is 0.138 e. The van der Waals surface area contributed by atoms with Crippen LogP contribution < -0.4 is 10.1 Å². The SMILES string of the molecule is Clc1cc(CNCc2cccnc2)ccc1OCc1ccccc1. The number of pyridine rings is 1. The van der Waals surface area contributed by atoms with Gasteiger partial charge in [-0.05, 0) is 34.9 Å². The number of hydrogen-bond donors (Lipinski definition) is 1. The standard InChI is InChI=1S/C20H19ClN2O/c21-19-11-17(12-23-14-18-7-4-10-22-13-18)8-9-20(19)24-15-16-5-2-1-3-6-16/h1-11,13,23H,12,14-15H2. The molecule has 0 aliphatic carbocycles. The minimum Gasteiger partial charge on any atom is -0.487 e. The maximum atomic E-state index is 6.33. The van der Waals surface area contributed by atoms with Gasteiger partial charge in [-0.1, -0.05) is 54.1 Å². The molecule has 0 saturated carbocycles. The van der Waals surface area contributed by atoms with Crippen molar-refractivity contribution in [2.75, 3.05) is 0 Å². The summed E-state index contributed by atoms with van der Waals surface area (Å²) in [6.45, 7) is 2.03. The molecule has 0 bridgehead atoms. The molecular weight excluding hydrogens is 320 g/mol. The van der Waals surface area contributed by atoms with Crippen LogP contribution in [0.3, 0.4) is 0 Å². The molecule has 0 aliphatic heterocycles. The first kappa shape index (κ1) is 16.5. The van der Waals surface area contributed by atoms with E-state index in [1.165, 1.54) is 0 Å². The van der Waals surface area contributed by atoms with Crippen LogP contribution in [0.15, 0.2) is 73.1 Å². The minimum absolute atomic E-state index is 0.513. The fourth-order valence-electron chi connectivity index (χ4n) is 2.36. The lowest BCUT2D eigenvalue weighted by molar-refractivity contribution is 0.306. The predicted octanol–water partition coefficient (Wildman–Crippen LogP) is 4.60. The molecule has 1 N–H and O–H groups in total. The van der Waals surface area contributed by atoms with Gasteiger partial charge in [0.05, 0.1) is 5.02 Å². The maximum absolute atomic E-state index is 6.33. The van der Waals surface area contributed by atoms with Gasteiger partial charge in [0.2, 0.25) is 0 Å². The van der Waals surface area contributed by atoms with Gasteiger partial charge in [0.25, 0.3) is 0 Å². The van der Waals surface area contributed by atoms with E-state index in [0.29, 0.717) is 17.4 Å². The smallest absolute Gasteiger partial charge is 0.138 e. The highest BCUT2D eigenvalue weighted by Gasteiger charge is 2.04. The number of ether oxygens (including phenoxy) is 1. The monoisotopic (exact) mass is 338 g/mol. The van der Waals surface area contributed by atoms with Crippen molar-refractivity contribution < 1.29 is 4.74 Å². The van der Waals surface area contributed by atoms with Crippen LogP contribution in [0.5, 0.6) is 5.75 Å². The number of benzene rings is 2. The topological polar surface area (TPSA) is 34.2 Å². The Balaban J connectivity index is 1.52. The van der Waals surface area contributed by atoms with Gasteiger partial charge in [-0.2, -0.15) is 0 Å². The fraction of sp³-hybridized carbons (Fsp3) is 0.150. The van der Waals surface area contributed by atoms with Crippen molar-refractivity contribution in [1.29, 1.82) is 0 Å². The molecule has 1 aromatic heterocycles. The van der Waals surface area contributed by atoms with Crippen LogP contribution in [0.4, 0.5) is 0 Å². The van der Waals surface area contributed by atoms with Gasteiger partial charge in [-0.3, -0.25) is 4.98 Å². The number of nitrogens with one attached hydrogen (secondary N) is 1. The van der Waals surface area contributed by atoms with E-state index in [1.807, 2.05) is 66.9 Å². The fourth-order valence-corrected chi connectivity index (χ4v) is 2.62. The zero-order valence-corrected chi connectivity index (χ0v) is 14.0. The summed E-state index contributed by atoms with van der Waals surface area (Å²) in [7, 11) is 0. The minimum atomic E-state index is 0.513. The average Bonchev–Trinajstić information content (AvgIpc) is 2.63. The van der Waals surface area contributed by atoms with Crippen molar-refractivity contribution in [2.45, 2.75) is 19.7 Å². The summed E-state index contributed by atoms with van der Waals surface area (Å²) in [5.41, 5.74) is 3.40. The Hall–Kier alpha value is -2.36. The highest BCUT2D eigenvalue weighted by atomic mass is 35.5. The predicted molar refractivity (Wildman–Crippen MR) is 97.0 cm³/mol. The van der Waals surface area contributed by atoms with E-state index >= 15 is 0 Å². The Kier molecular flexibility index (Phi) is 5.83. The third kappa shape index (κ3) is 4.82. The lowest BCUT2D eigenvalue weighted by Gasteiger charge is -2.10. The molecule has 4 heteroatoms. The molecule has 0 amide bonds. The number of hydrogen-bond acceptors (Lipinski definition) is 3. The van der Waals surface area contributed by atoms with E-state index < -0.39 is 0 Å². The number of rotatable bonds is 7. The third-order valence-corrected chi connectivity index (χ3v) is 3.91. The molecule has 0 fully saturated rings. The molecule has 3 nitrogen and oxygen atoms in total. The van der Waals surface area contributed by atoms with E-state index in [-0.39, 0.29) is 0 Å². The van der Waals surface area contributed by atoms with Crippen LogP contribution in [-0.4, -0.2) is 4.98 Å². The Morgan fingerprint density at radius 3 is 2.42 bits per heavy atom. The van der Waals surface area contributed by atoms with Gasteiger partial charge in [0.15, 0.2) is 0 Å². The van der Waals surface area contributed by atoms with Crippen LogP contribution in [-0.2, 0) is 19.7 Å². The van der Waals surface area contributed by atoms with E-state index in [2.05, 4.69) is 10.3 Å². The van der Waals surface area contributed by atoms with E-state index in [1.54, 1.807) is 6.20 Å². The molecule has 0 radical (unpaired) electrons. The summed E-state index contributed by atoms with van der Waals surface area (Å²) in [5.74, 6) is 0.705. The van der Waals surface area contributed by atoms with E-state index in [4.69, 9.17) is 16.3 Å². The molecule has 0 spiro atoms. The summed E-state index contributed by atoms with van der Waals surface area (Å²) in [6, 6.07) is 19.9. The normalized spacial score (nSPS) is 10.5. The Morgan fingerprint density at radius 1 is 0.875 bits per heavy atom. The number of aromatic nitrogens is 1. The second-order valence-corrected chi connectivity index (χ2v) is 5.91. The van der Waals surface area contributed by atoms with Gasteiger partial charge in [0.1, 0.15) is 12.4 Å². The largest absolute Gasteiger partial charge is 0.487 e. The van der Waals surface area contributed by atoms with Crippen molar-refractivity contribution in [3.63, 3.8) is 0 Å². The third-order valence-electron chi connectivity index (χ3n) is 3.61. The van der Waals surface area contributed by atoms with Gasteiger partial charge in [-0.25, -0.2) is 0 Å². The van der Waals surface area contributed by atoms with Crippen LogP contribution in [0, 0.1) is 0 Å². The van der Waals surface area contributed by atoms with Gasteiger partial charge in [-0.15, -0.1) is 0 Å². The molecule has 0 atom stereocenters. The molecule has 2 aromatic carbocycles. The molecule has 3 aromatic rings. The van der Waals surface area contributed by atoms with Crippen molar-refractivity contribution in [1.82, 2.24) is 10.3 Å². The van der Waals surface area contributed by atoms with Crippen molar-refractivity contribution in [3.05, 3.63) is 94.8 Å². The van der Waals surface area contributed by atoms with Crippen molar-refractivity contribution in [3.8, 4) is 5.75 Å². The summed E-state index contributed by atoms with van der Waals surface area (Å²) < 4.78 is 5.79. The Morgan fingerprint density at radius 2 is 1.67 bits per heavy atom. The lowest BCUT2D eigenvalue weighted by Crippen LogP contribution is -2.12. The quantitative estimate of drug-likeness (QED) is 0.683. The van der Waals surface area contributed by atoms with Crippen molar-refractivity contribution in [2.24, 2.45) is 0 Å². The molecule has 3 rings (SSSR count). The van der Waals surface area contributed by atoms with Gasteiger partial charge in [0, 0.05) is 25.5 Å². The van der Waals surface area contributed by atoms with Crippen LogP contribution in [0.2, 0.25) is 5.02 Å². The zero-order valence-electron chi connectivity index (χ0n) is 13.3. The first-order valence-electron chi connectivity index (χ1n) is 7.86. The van der Waals surface area contributed by atoms with Crippen LogP contribution >= 0.6 is 11.6 Å². The number of halogens is 1. The second kappa shape index (κ2) is 8.48. The Bertz CT molecular complexity index is 763. The first-order valence-corrected chi connectivity index (χ1v) is 8.24. The summed E-state index contributed by atoms with van der Waals surface area (Å²) in [6.07, 6.45) is 3.64. The molecular formula is C20H19ClN2O. The summed E-state index contributed by atoms with van der Waals surface area (Å²) in [5, 5.41) is 4.01. The highest BCUT2D eigenvalue weighted by molar-refractivity contribution is 6.32. The lowest BCUT2D eigenvalue weighted by atomic mass is 10.2. The van der Waals surface area contributed by atoms with Crippen LogP contribution in [0.25, 0.3) is 0 Å². The molecule has 0 unspecified atom stereocenters. The van der Waals surface area contributed by atoms with Gasteiger partial charge < -0.3 is 10.1 Å². The first-order chi connectivity index (χ1) is 11.8. The summed E-state index contributed by atoms with van der Waals surface area (Å²) in [4.78, 5) is 4.10.